The largest absolute Gasteiger partial charge is 0.469 e. The van der Waals surface area contributed by atoms with Gasteiger partial charge in [-0.1, -0.05) is 42.1 Å². The molecule has 0 aliphatic heterocycles. The van der Waals surface area contributed by atoms with Crippen LogP contribution in [0.1, 0.15) is 31.3 Å². The van der Waals surface area contributed by atoms with Gasteiger partial charge < -0.3 is 4.42 Å². The second-order valence-electron chi connectivity index (χ2n) is 6.46. The van der Waals surface area contributed by atoms with Crippen LogP contribution in [0.3, 0.4) is 0 Å². The van der Waals surface area contributed by atoms with E-state index in [0.717, 1.165) is 44.3 Å². The highest BCUT2D eigenvalue weighted by Gasteiger charge is 2.19. The van der Waals surface area contributed by atoms with Gasteiger partial charge in [0.25, 0.3) is 0 Å². The number of thiazole rings is 1. The molecule has 5 nitrogen and oxygen atoms in total. The van der Waals surface area contributed by atoms with Gasteiger partial charge in [0.05, 0.1) is 17.5 Å². The summed E-state index contributed by atoms with van der Waals surface area (Å²) in [5.41, 5.74) is 3.20. The number of aromatic nitrogens is 4. The number of aryl methyl sites for hydroxylation is 1. The maximum Gasteiger partial charge on any atom is 0.192 e. The summed E-state index contributed by atoms with van der Waals surface area (Å²) >= 11 is 3.34. The van der Waals surface area contributed by atoms with Crippen molar-refractivity contribution in [2.75, 3.05) is 0 Å². The second kappa shape index (κ2) is 7.70. The van der Waals surface area contributed by atoms with Gasteiger partial charge in [0.2, 0.25) is 0 Å². The van der Waals surface area contributed by atoms with Gasteiger partial charge in [-0.2, -0.15) is 0 Å². The molecule has 0 amide bonds. The third-order valence-corrected chi connectivity index (χ3v) is 6.12. The Morgan fingerprint density at radius 3 is 2.67 bits per heavy atom. The van der Waals surface area contributed by atoms with Gasteiger partial charge >= 0.3 is 0 Å². The van der Waals surface area contributed by atoms with E-state index in [-0.39, 0.29) is 6.04 Å². The predicted molar refractivity (Wildman–Crippen MR) is 110 cm³/mol. The van der Waals surface area contributed by atoms with Crippen LogP contribution in [0.5, 0.6) is 0 Å². The Morgan fingerprint density at radius 2 is 1.96 bits per heavy atom. The molecule has 0 atom stereocenters. The number of thioether (sulfide) groups is 1. The monoisotopic (exact) mass is 396 g/mol. The predicted octanol–water partition coefficient (Wildman–Crippen LogP) is 5.84. The van der Waals surface area contributed by atoms with Crippen molar-refractivity contribution in [1.29, 1.82) is 0 Å². The number of furan rings is 1. The topological polar surface area (TPSA) is 56.7 Å². The Kier molecular flexibility index (Phi) is 5.13. The maximum atomic E-state index is 5.44. The lowest BCUT2D eigenvalue weighted by molar-refractivity contribution is 0.531. The Hall–Kier alpha value is -2.38. The van der Waals surface area contributed by atoms with Gasteiger partial charge in [0.15, 0.2) is 11.0 Å². The van der Waals surface area contributed by atoms with Gasteiger partial charge in [0, 0.05) is 22.7 Å². The fraction of sp³-hybridized carbons (Fsp3) is 0.250. The molecule has 0 aliphatic carbocycles. The van der Waals surface area contributed by atoms with Crippen LogP contribution in [0.2, 0.25) is 0 Å². The van der Waals surface area contributed by atoms with E-state index in [2.05, 4.69) is 46.1 Å². The summed E-state index contributed by atoms with van der Waals surface area (Å²) in [6, 6.07) is 12.5. The van der Waals surface area contributed by atoms with Crippen molar-refractivity contribution in [3.05, 3.63) is 59.5 Å². The van der Waals surface area contributed by atoms with Crippen LogP contribution in [0.15, 0.2) is 57.6 Å². The van der Waals surface area contributed by atoms with E-state index >= 15 is 0 Å². The van der Waals surface area contributed by atoms with Gasteiger partial charge in [-0.3, -0.25) is 4.57 Å². The second-order valence-corrected chi connectivity index (χ2v) is 8.26. The van der Waals surface area contributed by atoms with Crippen LogP contribution in [-0.4, -0.2) is 19.7 Å². The van der Waals surface area contributed by atoms with Crippen molar-refractivity contribution in [3.63, 3.8) is 0 Å². The van der Waals surface area contributed by atoms with Crippen LogP contribution >= 0.6 is 23.1 Å². The highest BCUT2D eigenvalue weighted by atomic mass is 32.2. The molecule has 0 radical (unpaired) electrons. The highest BCUT2D eigenvalue weighted by Crippen LogP contribution is 2.32. The summed E-state index contributed by atoms with van der Waals surface area (Å²) in [6.45, 7) is 6.23. The first-order valence-electron chi connectivity index (χ1n) is 8.75. The minimum atomic E-state index is 0.252. The fourth-order valence-electron chi connectivity index (χ4n) is 2.87. The molecule has 0 saturated heterocycles. The fourth-order valence-corrected chi connectivity index (χ4v) is 4.76. The molecule has 0 unspecified atom stereocenters. The molecular formula is C20H20N4OS2. The summed E-state index contributed by atoms with van der Waals surface area (Å²) in [4.78, 5) is 4.77. The molecule has 0 bridgehead atoms. The average Bonchev–Trinajstić information content (AvgIpc) is 3.39. The molecular weight excluding hydrogens is 376 g/mol. The van der Waals surface area contributed by atoms with Crippen molar-refractivity contribution in [2.45, 2.75) is 37.7 Å². The lowest BCUT2D eigenvalue weighted by atomic mass is 10.2. The average molecular weight is 397 g/mol. The number of rotatable bonds is 6. The van der Waals surface area contributed by atoms with Crippen LogP contribution < -0.4 is 0 Å². The molecule has 138 valence electrons. The smallest absolute Gasteiger partial charge is 0.192 e. The molecule has 0 aliphatic rings. The van der Waals surface area contributed by atoms with E-state index in [9.17, 15) is 0 Å². The minimum absolute atomic E-state index is 0.252. The lowest BCUT2D eigenvalue weighted by Crippen LogP contribution is -2.05. The minimum Gasteiger partial charge on any atom is -0.469 e. The molecule has 0 fully saturated rings. The van der Waals surface area contributed by atoms with Crippen LogP contribution in [0.25, 0.3) is 22.0 Å². The first-order valence-corrected chi connectivity index (χ1v) is 10.6. The summed E-state index contributed by atoms with van der Waals surface area (Å²) in [5, 5.41) is 12.9. The zero-order valence-corrected chi connectivity index (χ0v) is 17.0. The molecule has 1 aromatic carbocycles. The van der Waals surface area contributed by atoms with E-state index < -0.39 is 0 Å². The number of nitrogens with zero attached hydrogens (tertiary/aromatic N) is 4. The van der Waals surface area contributed by atoms with Gasteiger partial charge in [-0.25, -0.2) is 4.98 Å². The van der Waals surface area contributed by atoms with Crippen molar-refractivity contribution in [1.82, 2.24) is 19.7 Å². The van der Waals surface area contributed by atoms with Crippen molar-refractivity contribution in [3.8, 4) is 22.0 Å². The Balaban J connectivity index is 1.55. The van der Waals surface area contributed by atoms with Crippen molar-refractivity contribution < 1.29 is 4.42 Å². The quantitative estimate of drug-likeness (QED) is 0.383. The van der Waals surface area contributed by atoms with E-state index in [1.165, 1.54) is 0 Å². The van der Waals surface area contributed by atoms with E-state index in [0.29, 0.717) is 0 Å². The third kappa shape index (κ3) is 3.70. The zero-order chi connectivity index (χ0) is 18.8. The molecule has 3 heterocycles. The molecule has 3 aromatic heterocycles. The number of hydrogen-bond acceptors (Lipinski definition) is 6. The summed E-state index contributed by atoms with van der Waals surface area (Å²) in [7, 11) is 0. The molecule has 0 saturated carbocycles. The summed E-state index contributed by atoms with van der Waals surface area (Å²) in [5.74, 6) is 2.47. The number of hydrogen-bond donors (Lipinski definition) is 0. The third-order valence-electron chi connectivity index (χ3n) is 4.20. The molecule has 0 spiro atoms. The summed E-state index contributed by atoms with van der Waals surface area (Å²) in [6.07, 6.45) is 1.69. The lowest BCUT2D eigenvalue weighted by Gasteiger charge is -2.13. The molecule has 4 rings (SSSR count). The van der Waals surface area contributed by atoms with Gasteiger partial charge in [-0.15, -0.1) is 21.5 Å². The molecule has 4 aromatic rings. The van der Waals surface area contributed by atoms with E-state index in [1.54, 1.807) is 29.4 Å². The van der Waals surface area contributed by atoms with E-state index in [1.807, 2.05) is 31.2 Å². The maximum absolute atomic E-state index is 5.44. The Morgan fingerprint density at radius 1 is 1.15 bits per heavy atom. The first-order chi connectivity index (χ1) is 13.1. The Bertz CT molecular complexity index is 1030. The zero-order valence-electron chi connectivity index (χ0n) is 15.4. The first kappa shape index (κ1) is 18.0. The van der Waals surface area contributed by atoms with Gasteiger partial charge in [0.1, 0.15) is 10.8 Å². The molecule has 7 heteroatoms. The molecule has 27 heavy (non-hydrogen) atoms. The SMILES string of the molecule is Cc1occc1-c1nnc(SCc2csc(-c3ccccc3)n2)n1C(C)C. The van der Waals surface area contributed by atoms with Crippen LogP contribution in [0.4, 0.5) is 0 Å². The normalized spacial score (nSPS) is 11.4. The van der Waals surface area contributed by atoms with Crippen LogP contribution in [0, 0.1) is 6.92 Å². The standard InChI is InChI=1S/C20H20N4OS2/c1-13(2)24-18(17-9-10-25-14(17)3)22-23-20(24)27-12-16-11-26-19(21-16)15-7-5-4-6-8-15/h4-11,13H,12H2,1-3H3. The van der Waals surface area contributed by atoms with Crippen molar-refractivity contribution >= 4 is 23.1 Å². The van der Waals surface area contributed by atoms with Crippen molar-refractivity contribution in [2.24, 2.45) is 0 Å². The van der Waals surface area contributed by atoms with Crippen LogP contribution in [-0.2, 0) is 5.75 Å². The van der Waals surface area contributed by atoms with Gasteiger partial charge in [-0.05, 0) is 26.8 Å². The Labute approximate surface area is 166 Å². The summed E-state index contributed by atoms with van der Waals surface area (Å²) < 4.78 is 7.60. The van der Waals surface area contributed by atoms with E-state index in [4.69, 9.17) is 9.40 Å². The molecule has 0 N–H and O–H groups in total. The highest BCUT2D eigenvalue weighted by molar-refractivity contribution is 7.98. The number of benzene rings is 1.